The van der Waals surface area contributed by atoms with Crippen LogP contribution in [-0.4, -0.2) is 41.5 Å². The smallest absolute Gasteiger partial charge is 0.191 e. The summed E-state index contributed by atoms with van der Waals surface area (Å²) in [4.78, 5) is 4.50. The van der Waals surface area contributed by atoms with Gasteiger partial charge in [-0.3, -0.25) is 4.68 Å². The van der Waals surface area contributed by atoms with Gasteiger partial charge in [0.1, 0.15) is 6.10 Å². The van der Waals surface area contributed by atoms with Crippen molar-refractivity contribution in [2.24, 2.45) is 4.99 Å². The monoisotopic (exact) mass is 475 g/mol. The summed E-state index contributed by atoms with van der Waals surface area (Å²) in [5.41, 5.74) is 0. The van der Waals surface area contributed by atoms with E-state index in [9.17, 15) is 4.39 Å². The largest absolute Gasteiger partial charge is 0.486 e. The molecule has 0 saturated heterocycles. The van der Waals surface area contributed by atoms with E-state index in [2.05, 4.69) is 20.7 Å². The molecule has 0 spiro atoms. The number of ether oxygens (including phenoxy) is 1. The van der Waals surface area contributed by atoms with Crippen LogP contribution in [0.4, 0.5) is 4.39 Å². The van der Waals surface area contributed by atoms with E-state index in [1.54, 1.807) is 24.4 Å². The van der Waals surface area contributed by atoms with Crippen LogP contribution in [-0.2, 0) is 6.54 Å². The Morgan fingerprint density at radius 1 is 1.31 bits per heavy atom. The summed E-state index contributed by atoms with van der Waals surface area (Å²) >= 11 is 0. The molecule has 0 aliphatic carbocycles. The molecule has 26 heavy (non-hydrogen) atoms. The Morgan fingerprint density at radius 3 is 2.81 bits per heavy atom. The number of nitrogens with one attached hydrogen (secondary N) is 2. The third-order valence-corrected chi connectivity index (χ3v) is 3.43. The van der Waals surface area contributed by atoms with E-state index < -0.39 is 0 Å². The molecule has 6 nitrogen and oxygen atoms in total. The third-order valence-electron chi connectivity index (χ3n) is 3.43. The molecule has 0 aliphatic rings. The molecule has 1 aromatic heterocycles. The van der Waals surface area contributed by atoms with E-state index in [-0.39, 0.29) is 41.6 Å². The van der Waals surface area contributed by atoms with Gasteiger partial charge in [-0.2, -0.15) is 5.10 Å². The SMILES string of the molecule is CCNC(=NCC(C)Oc1ccccc1F)NCCCn1cccn1.I. The van der Waals surface area contributed by atoms with Gasteiger partial charge in [-0.05, 0) is 38.5 Å². The Hall–Kier alpha value is -1.84. The number of halogens is 2. The number of nitrogens with zero attached hydrogens (tertiary/aromatic N) is 3. The van der Waals surface area contributed by atoms with Crippen molar-refractivity contribution in [3.05, 3.63) is 48.5 Å². The van der Waals surface area contributed by atoms with Crippen molar-refractivity contribution in [2.75, 3.05) is 19.6 Å². The zero-order chi connectivity index (χ0) is 17.9. The first-order valence-corrected chi connectivity index (χ1v) is 8.60. The molecule has 2 rings (SSSR count). The molecule has 144 valence electrons. The minimum atomic E-state index is -0.359. The van der Waals surface area contributed by atoms with Crippen molar-refractivity contribution >= 4 is 29.9 Å². The Kier molecular flexibility index (Phi) is 10.7. The summed E-state index contributed by atoms with van der Waals surface area (Å²) in [7, 11) is 0. The van der Waals surface area contributed by atoms with Crippen LogP contribution in [0.3, 0.4) is 0 Å². The lowest BCUT2D eigenvalue weighted by molar-refractivity contribution is 0.220. The van der Waals surface area contributed by atoms with Crippen molar-refractivity contribution in [3.8, 4) is 5.75 Å². The lowest BCUT2D eigenvalue weighted by Gasteiger charge is -2.15. The number of aryl methyl sites for hydroxylation is 1. The number of rotatable bonds is 9. The fraction of sp³-hybridized carbons (Fsp3) is 0.444. The number of guanidine groups is 1. The summed E-state index contributed by atoms with van der Waals surface area (Å²) < 4.78 is 21.1. The van der Waals surface area contributed by atoms with Crippen molar-refractivity contribution in [2.45, 2.75) is 32.9 Å². The zero-order valence-corrected chi connectivity index (χ0v) is 17.5. The average molecular weight is 475 g/mol. The fourth-order valence-electron chi connectivity index (χ4n) is 2.24. The minimum absolute atomic E-state index is 0. The number of hydrogen-bond acceptors (Lipinski definition) is 3. The van der Waals surface area contributed by atoms with Gasteiger partial charge in [-0.15, -0.1) is 24.0 Å². The standard InChI is InChI=1S/C18H26FN5O.HI/c1-3-20-18(21-10-6-12-24-13-7-11-23-24)22-14-15(2)25-17-9-5-4-8-16(17)19;/h4-5,7-9,11,13,15H,3,6,10,12,14H2,1-2H3,(H2,20,21,22);1H. The first kappa shape index (κ1) is 22.2. The van der Waals surface area contributed by atoms with Gasteiger partial charge in [0, 0.05) is 32.0 Å². The van der Waals surface area contributed by atoms with Crippen LogP contribution in [0.15, 0.2) is 47.7 Å². The highest BCUT2D eigenvalue weighted by Gasteiger charge is 2.08. The van der Waals surface area contributed by atoms with Gasteiger partial charge >= 0.3 is 0 Å². The zero-order valence-electron chi connectivity index (χ0n) is 15.2. The highest BCUT2D eigenvalue weighted by atomic mass is 127. The fourth-order valence-corrected chi connectivity index (χ4v) is 2.24. The van der Waals surface area contributed by atoms with Crippen molar-refractivity contribution in [1.29, 1.82) is 0 Å². The first-order valence-electron chi connectivity index (χ1n) is 8.60. The topological polar surface area (TPSA) is 63.5 Å². The van der Waals surface area contributed by atoms with E-state index in [4.69, 9.17) is 4.74 Å². The lowest BCUT2D eigenvalue weighted by Crippen LogP contribution is -2.38. The first-order chi connectivity index (χ1) is 12.2. The highest BCUT2D eigenvalue weighted by molar-refractivity contribution is 14.0. The van der Waals surface area contributed by atoms with Gasteiger partial charge in [0.05, 0.1) is 6.54 Å². The summed E-state index contributed by atoms with van der Waals surface area (Å²) in [6.45, 7) is 6.73. The molecule has 0 bridgehead atoms. The normalized spacial score (nSPS) is 12.2. The molecule has 1 heterocycles. The maximum atomic E-state index is 13.6. The molecule has 2 N–H and O–H groups in total. The summed E-state index contributed by atoms with van der Waals surface area (Å²) in [5, 5.41) is 10.6. The van der Waals surface area contributed by atoms with Crippen LogP contribution in [0.5, 0.6) is 5.75 Å². The van der Waals surface area contributed by atoms with E-state index in [1.807, 2.05) is 30.8 Å². The molecular formula is C18H27FIN5O. The predicted octanol–water partition coefficient (Wildman–Crippen LogP) is 3.05. The highest BCUT2D eigenvalue weighted by Crippen LogP contribution is 2.16. The maximum Gasteiger partial charge on any atom is 0.191 e. The quantitative estimate of drug-likeness (QED) is 0.253. The summed E-state index contributed by atoms with van der Waals surface area (Å²) in [6.07, 6.45) is 4.43. The third kappa shape index (κ3) is 8.03. The number of benzene rings is 1. The second kappa shape index (κ2) is 12.5. The van der Waals surface area contributed by atoms with Crippen LogP contribution < -0.4 is 15.4 Å². The van der Waals surface area contributed by atoms with Gasteiger partial charge in [0.15, 0.2) is 17.5 Å². The molecule has 0 fully saturated rings. The van der Waals surface area contributed by atoms with Gasteiger partial charge < -0.3 is 15.4 Å². The minimum Gasteiger partial charge on any atom is -0.486 e. The lowest BCUT2D eigenvalue weighted by atomic mass is 10.3. The molecule has 1 atom stereocenters. The molecule has 8 heteroatoms. The van der Waals surface area contributed by atoms with Crippen LogP contribution in [0.1, 0.15) is 20.3 Å². The van der Waals surface area contributed by atoms with Crippen LogP contribution in [0.2, 0.25) is 0 Å². The van der Waals surface area contributed by atoms with E-state index >= 15 is 0 Å². The van der Waals surface area contributed by atoms with Crippen molar-refractivity contribution in [1.82, 2.24) is 20.4 Å². The number of aliphatic imine (C=N–C) groups is 1. The Labute approximate surface area is 171 Å². The predicted molar refractivity (Wildman–Crippen MR) is 113 cm³/mol. The molecule has 0 amide bonds. The van der Waals surface area contributed by atoms with E-state index in [0.29, 0.717) is 6.54 Å². The molecule has 0 radical (unpaired) electrons. The number of para-hydroxylation sites is 1. The Bertz CT molecular complexity index is 651. The maximum absolute atomic E-state index is 13.6. The van der Waals surface area contributed by atoms with Crippen LogP contribution in [0, 0.1) is 5.82 Å². The number of hydrogen-bond donors (Lipinski definition) is 2. The number of aromatic nitrogens is 2. The van der Waals surface area contributed by atoms with Gasteiger partial charge in [0.2, 0.25) is 0 Å². The molecule has 0 aliphatic heterocycles. The van der Waals surface area contributed by atoms with Gasteiger partial charge in [-0.25, -0.2) is 9.38 Å². The molecule has 2 aromatic rings. The summed E-state index contributed by atoms with van der Waals surface area (Å²) in [5.74, 6) is 0.622. The second-order valence-corrected chi connectivity index (χ2v) is 5.63. The second-order valence-electron chi connectivity index (χ2n) is 5.63. The van der Waals surface area contributed by atoms with Crippen molar-refractivity contribution in [3.63, 3.8) is 0 Å². The van der Waals surface area contributed by atoms with Gasteiger partial charge in [-0.1, -0.05) is 12.1 Å². The van der Waals surface area contributed by atoms with Crippen LogP contribution in [0.25, 0.3) is 0 Å². The summed E-state index contributed by atoms with van der Waals surface area (Å²) in [6, 6.07) is 8.31. The molecule has 1 unspecified atom stereocenters. The Morgan fingerprint density at radius 2 is 2.12 bits per heavy atom. The van der Waals surface area contributed by atoms with Crippen molar-refractivity contribution < 1.29 is 9.13 Å². The van der Waals surface area contributed by atoms with E-state index in [1.165, 1.54) is 6.07 Å². The molecule has 0 saturated carbocycles. The van der Waals surface area contributed by atoms with E-state index in [0.717, 1.165) is 32.0 Å². The van der Waals surface area contributed by atoms with Gasteiger partial charge in [0.25, 0.3) is 0 Å². The Balaban J connectivity index is 0.00000338. The van der Waals surface area contributed by atoms with Crippen LogP contribution >= 0.6 is 24.0 Å². The average Bonchev–Trinajstić information content (AvgIpc) is 3.12. The molecule has 1 aromatic carbocycles. The molecular weight excluding hydrogens is 448 g/mol.